The molecule has 0 bridgehead atoms. The Labute approximate surface area is 119 Å². The second kappa shape index (κ2) is 5.36. The number of carboxylic acids is 1. The van der Waals surface area contributed by atoms with Gasteiger partial charge in [-0.1, -0.05) is 23.2 Å². The molecule has 2 unspecified atom stereocenters. The number of aliphatic carboxylic acids is 1. The zero-order chi connectivity index (χ0) is 14.2. The van der Waals surface area contributed by atoms with Crippen LogP contribution in [0.25, 0.3) is 0 Å². The third-order valence-corrected chi connectivity index (χ3v) is 3.55. The number of rotatable bonds is 2. The molecule has 0 saturated carbocycles. The summed E-state index contributed by atoms with van der Waals surface area (Å²) in [5, 5.41) is 19.1. The number of benzene rings is 1. The van der Waals surface area contributed by atoms with Crippen LogP contribution in [0, 0.1) is 0 Å². The van der Waals surface area contributed by atoms with E-state index >= 15 is 0 Å². The van der Waals surface area contributed by atoms with E-state index in [2.05, 4.69) is 0 Å². The summed E-state index contributed by atoms with van der Waals surface area (Å²) in [5.41, 5.74) is 0.134. The normalized spacial score (nSPS) is 22.6. The van der Waals surface area contributed by atoms with Crippen molar-refractivity contribution in [3.05, 3.63) is 33.8 Å². The molecule has 0 spiro atoms. The lowest BCUT2D eigenvalue weighted by molar-refractivity contribution is -0.141. The Morgan fingerprint density at radius 1 is 1.32 bits per heavy atom. The molecule has 2 N–H and O–H groups in total. The van der Waals surface area contributed by atoms with Gasteiger partial charge in [-0.2, -0.15) is 0 Å². The molecule has 1 amide bonds. The number of likely N-dealkylation sites (tertiary alicyclic amines) is 1. The Morgan fingerprint density at radius 2 is 2.00 bits per heavy atom. The number of hydrogen-bond donors (Lipinski definition) is 2. The molecule has 1 heterocycles. The Balaban J connectivity index is 2.33. The summed E-state index contributed by atoms with van der Waals surface area (Å²) in [4.78, 5) is 24.5. The highest BCUT2D eigenvalue weighted by atomic mass is 35.5. The van der Waals surface area contributed by atoms with Gasteiger partial charge < -0.3 is 15.1 Å². The average Bonchev–Trinajstić information content (AvgIpc) is 2.74. The molecular formula is C12H11Cl2NO4. The first-order chi connectivity index (χ1) is 8.90. The molecule has 1 aliphatic heterocycles. The molecule has 1 aromatic rings. The molecule has 1 fully saturated rings. The number of halogens is 2. The first-order valence-electron chi connectivity index (χ1n) is 5.57. The number of nitrogens with zero attached hydrogens (tertiary/aromatic N) is 1. The van der Waals surface area contributed by atoms with Crippen molar-refractivity contribution in [3.63, 3.8) is 0 Å². The van der Waals surface area contributed by atoms with Crippen LogP contribution in [0.15, 0.2) is 18.2 Å². The van der Waals surface area contributed by atoms with Gasteiger partial charge >= 0.3 is 5.97 Å². The molecule has 2 atom stereocenters. The largest absolute Gasteiger partial charge is 0.480 e. The van der Waals surface area contributed by atoms with Crippen molar-refractivity contribution in [2.75, 3.05) is 6.54 Å². The highest BCUT2D eigenvalue weighted by Crippen LogP contribution is 2.26. The van der Waals surface area contributed by atoms with E-state index in [0.717, 1.165) is 4.90 Å². The van der Waals surface area contributed by atoms with Gasteiger partial charge in [-0.25, -0.2) is 4.79 Å². The van der Waals surface area contributed by atoms with Crippen LogP contribution in [-0.4, -0.2) is 45.7 Å². The molecule has 5 nitrogen and oxygen atoms in total. The predicted octanol–water partition coefficient (Wildman–Crippen LogP) is 1.65. The van der Waals surface area contributed by atoms with Gasteiger partial charge in [-0.15, -0.1) is 0 Å². The first kappa shape index (κ1) is 14.1. The fourth-order valence-electron chi connectivity index (χ4n) is 2.09. The maximum Gasteiger partial charge on any atom is 0.326 e. The maximum absolute atomic E-state index is 12.3. The Kier molecular flexibility index (Phi) is 3.99. The number of aliphatic hydroxyl groups excluding tert-OH is 1. The quantitative estimate of drug-likeness (QED) is 0.871. The molecule has 1 aromatic carbocycles. The van der Waals surface area contributed by atoms with Crippen molar-refractivity contribution in [3.8, 4) is 0 Å². The van der Waals surface area contributed by atoms with Crippen LogP contribution >= 0.6 is 23.2 Å². The van der Waals surface area contributed by atoms with Gasteiger partial charge in [0.2, 0.25) is 0 Å². The van der Waals surface area contributed by atoms with Crippen molar-refractivity contribution in [1.29, 1.82) is 0 Å². The smallest absolute Gasteiger partial charge is 0.326 e. The third kappa shape index (κ3) is 2.83. The first-order valence-corrected chi connectivity index (χ1v) is 6.32. The summed E-state index contributed by atoms with van der Waals surface area (Å²) < 4.78 is 0. The lowest BCUT2D eigenvalue weighted by Crippen LogP contribution is -2.40. The zero-order valence-electron chi connectivity index (χ0n) is 9.72. The average molecular weight is 304 g/mol. The van der Waals surface area contributed by atoms with Crippen LogP contribution in [-0.2, 0) is 4.79 Å². The van der Waals surface area contributed by atoms with E-state index in [1.165, 1.54) is 18.2 Å². The number of β-amino-alcohol motifs (C(OH)–C–C–N with tert-alkyl or cyclic N) is 1. The molecule has 0 radical (unpaired) electrons. The van der Waals surface area contributed by atoms with E-state index in [1.54, 1.807) is 0 Å². The van der Waals surface area contributed by atoms with Gasteiger partial charge in [0.15, 0.2) is 0 Å². The van der Waals surface area contributed by atoms with Crippen molar-refractivity contribution in [1.82, 2.24) is 4.90 Å². The Hall–Kier alpha value is -1.30. The van der Waals surface area contributed by atoms with E-state index in [9.17, 15) is 14.7 Å². The lowest BCUT2D eigenvalue weighted by atomic mass is 10.1. The van der Waals surface area contributed by atoms with Gasteiger partial charge in [-0.05, 0) is 18.2 Å². The Morgan fingerprint density at radius 3 is 2.63 bits per heavy atom. The van der Waals surface area contributed by atoms with E-state index in [1.807, 2.05) is 0 Å². The predicted molar refractivity (Wildman–Crippen MR) is 69.5 cm³/mol. The number of hydrogen-bond acceptors (Lipinski definition) is 3. The van der Waals surface area contributed by atoms with Gasteiger partial charge in [0.05, 0.1) is 16.7 Å². The van der Waals surface area contributed by atoms with E-state index in [0.29, 0.717) is 5.02 Å². The molecule has 2 rings (SSSR count). The summed E-state index contributed by atoms with van der Waals surface area (Å²) >= 11 is 11.7. The highest BCUT2D eigenvalue weighted by molar-refractivity contribution is 6.35. The summed E-state index contributed by atoms with van der Waals surface area (Å²) in [6.45, 7) is -0.0291. The number of aliphatic hydroxyl groups is 1. The Bertz CT molecular complexity index is 534. The van der Waals surface area contributed by atoms with Crippen molar-refractivity contribution in [2.24, 2.45) is 0 Å². The lowest BCUT2D eigenvalue weighted by Gasteiger charge is -2.21. The molecule has 1 saturated heterocycles. The molecule has 19 heavy (non-hydrogen) atoms. The number of carboxylic acid groups (broad SMARTS) is 1. The van der Waals surface area contributed by atoms with E-state index in [-0.39, 0.29) is 23.6 Å². The molecule has 0 aromatic heterocycles. The molecule has 102 valence electrons. The minimum Gasteiger partial charge on any atom is -0.480 e. The van der Waals surface area contributed by atoms with Crippen LogP contribution in [0.5, 0.6) is 0 Å². The van der Waals surface area contributed by atoms with Crippen molar-refractivity contribution < 1.29 is 19.8 Å². The molecule has 7 heteroatoms. The number of amides is 1. The van der Waals surface area contributed by atoms with Crippen LogP contribution in [0.1, 0.15) is 16.8 Å². The highest BCUT2D eigenvalue weighted by Gasteiger charge is 2.39. The van der Waals surface area contributed by atoms with Gasteiger partial charge in [-0.3, -0.25) is 4.79 Å². The molecular weight excluding hydrogens is 293 g/mol. The summed E-state index contributed by atoms with van der Waals surface area (Å²) in [7, 11) is 0. The number of carbonyl (C=O) groups excluding carboxylic acids is 1. The molecule has 1 aliphatic rings. The van der Waals surface area contributed by atoms with Crippen LogP contribution in [0.3, 0.4) is 0 Å². The van der Waals surface area contributed by atoms with Crippen molar-refractivity contribution >= 4 is 35.1 Å². The summed E-state index contributed by atoms with van der Waals surface area (Å²) in [6.07, 6.45) is -0.831. The molecule has 0 aliphatic carbocycles. The summed E-state index contributed by atoms with van der Waals surface area (Å²) in [6, 6.07) is 3.35. The van der Waals surface area contributed by atoms with Crippen LogP contribution in [0.4, 0.5) is 0 Å². The second-order valence-electron chi connectivity index (χ2n) is 4.33. The topological polar surface area (TPSA) is 77.8 Å². The van der Waals surface area contributed by atoms with Crippen LogP contribution in [0.2, 0.25) is 10.0 Å². The summed E-state index contributed by atoms with van der Waals surface area (Å²) in [5.74, 6) is -1.69. The minimum atomic E-state index is -1.15. The SMILES string of the molecule is O=C(O)C1CC(O)CN1C(=O)c1cc(Cl)ccc1Cl. The second-order valence-corrected chi connectivity index (χ2v) is 5.17. The fourth-order valence-corrected chi connectivity index (χ4v) is 2.46. The number of carbonyl (C=O) groups is 2. The standard InChI is InChI=1S/C12H11Cl2NO4/c13-6-1-2-9(14)8(3-6)11(17)15-5-7(16)4-10(15)12(18)19/h1-3,7,10,16H,4-5H2,(H,18,19). The van der Waals surface area contributed by atoms with Gasteiger partial charge in [0, 0.05) is 18.0 Å². The zero-order valence-corrected chi connectivity index (χ0v) is 11.2. The third-order valence-electron chi connectivity index (χ3n) is 2.98. The van der Waals surface area contributed by atoms with E-state index < -0.39 is 24.0 Å². The van der Waals surface area contributed by atoms with E-state index in [4.69, 9.17) is 28.3 Å². The monoisotopic (exact) mass is 303 g/mol. The maximum atomic E-state index is 12.3. The van der Waals surface area contributed by atoms with Gasteiger partial charge in [0.25, 0.3) is 5.91 Å². The van der Waals surface area contributed by atoms with Gasteiger partial charge in [0.1, 0.15) is 6.04 Å². The van der Waals surface area contributed by atoms with Crippen molar-refractivity contribution in [2.45, 2.75) is 18.6 Å². The van der Waals surface area contributed by atoms with Crippen LogP contribution < -0.4 is 0 Å². The minimum absolute atomic E-state index is 0.0132. The fraction of sp³-hybridized carbons (Fsp3) is 0.333.